The van der Waals surface area contributed by atoms with Crippen LogP contribution in [-0.4, -0.2) is 22.2 Å². The highest BCUT2D eigenvalue weighted by atomic mass is 16.4. The van der Waals surface area contributed by atoms with Crippen molar-refractivity contribution in [2.45, 2.75) is 81.1 Å². The van der Waals surface area contributed by atoms with Crippen molar-refractivity contribution in [3.8, 4) is 0 Å². The molecule has 2 N–H and O–H groups in total. The second kappa shape index (κ2) is 9.86. The van der Waals surface area contributed by atoms with Gasteiger partial charge in [-0.3, -0.25) is 9.59 Å². The lowest BCUT2D eigenvalue weighted by atomic mass is 9.81. The predicted molar refractivity (Wildman–Crippen MR) is 91.0 cm³/mol. The van der Waals surface area contributed by atoms with E-state index in [9.17, 15) is 9.59 Å². The van der Waals surface area contributed by atoms with Crippen molar-refractivity contribution < 1.29 is 19.8 Å². The Kier molecular flexibility index (Phi) is 10.4. The molecule has 0 amide bonds. The maximum atomic E-state index is 10.6. The molecule has 0 spiro atoms. The number of hydrogen-bond donors (Lipinski definition) is 2. The van der Waals surface area contributed by atoms with Crippen molar-refractivity contribution >= 4 is 11.9 Å². The van der Waals surface area contributed by atoms with E-state index in [4.69, 9.17) is 10.2 Å². The highest BCUT2D eigenvalue weighted by molar-refractivity contribution is 5.73. The van der Waals surface area contributed by atoms with E-state index in [1.807, 2.05) is 13.8 Å². The van der Waals surface area contributed by atoms with Crippen LogP contribution < -0.4 is 0 Å². The summed E-state index contributed by atoms with van der Waals surface area (Å²) in [5, 5.41) is 17.3. The molecule has 0 aliphatic rings. The molecule has 0 unspecified atom stereocenters. The van der Waals surface area contributed by atoms with Gasteiger partial charge in [0.15, 0.2) is 0 Å². The number of aliphatic carboxylic acids is 2. The number of carboxylic acid groups (broad SMARTS) is 2. The maximum absolute atomic E-state index is 10.6. The number of carbonyl (C=O) groups is 2. The minimum Gasteiger partial charge on any atom is -0.481 e. The molecule has 0 aromatic carbocycles. The summed E-state index contributed by atoms with van der Waals surface area (Å²) in [5.41, 5.74) is -0.607. The molecule has 0 radical (unpaired) electrons. The molecule has 22 heavy (non-hydrogen) atoms. The summed E-state index contributed by atoms with van der Waals surface area (Å²) < 4.78 is 0. The van der Waals surface area contributed by atoms with Gasteiger partial charge in [-0.25, -0.2) is 0 Å². The molecule has 0 fully saturated rings. The fourth-order valence-electron chi connectivity index (χ4n) is 2.34. The topological polar surface area (TPSA) is 74.6 Å². The first kappa shape index (κ1) is 23.2. The highest BCUT2D eigenvalue weighted by Crippen LogP contribution is 2.28. The molecule has 0 atom stereocenters. The van der Waals surface area contributed by atoms with Crippen molar-refractivity contribution in [1.29, 1.82) is 0 Å². The molecule has 0 aromatic rings. The van der Waals surface area contributed by atoms with Crippen molar-refractivity contribution in [2.24, 2.45) is 22.7 Å². The molecule has 132 valence electrons. The molecule has 0 aliphatic heterocycles. The van der Waals surface area contributed by atoms with Crippen LogP contribution in [0.3, 0.4) is 0 Å². The Morgan fingerprint density at radius 3 is 1.64 bits per heavy atom. The Morgan fingerprint density at radius 1 is 0.909 bits per heavy atom. The Labute approximate surface area is 136 Å². The highest BCUT2D eigenvalue weighted by Gasteiger charge is 2.26. The van der Waals surface area contributed by atoms with Gasteiger partial charge in [0.05, 0.1) is 11.8 Å². The fourth-order valence-corrected chi connectivity index (χ4v) is 2.34. The average Bonchev–Trinajstić information content (AvgIpc) is 2.23. The largest absolute Gasteiger partial charge is 0.481 e. The first-order valence-electron chi connectivity index (χ1n) is 8.15. The summed E-state index contributed by atoms with van der Waals surface area (Å²) in [4.78, 5) is 21.0. The molecule has 0 bridgehead atoms. The quantitative estimate of drug-likeness (QED) is 0.656. The molecule has 4 heteroatoms. The van der Waals surface area contributed by atoms with Crippen LogP contribution in [0, 0.1) is 22.7 Å². The molecule has 4 nitrogen and oxygen atoms in total. The number of rotatable bonds is 8. The van der Waals surface area contributed by atoms with Crippen molar-refractivity contribution in [3.05, 3.63) is 0 Å². The van der Waals surface area contributed by atoms with Crippen LogP contribution in [0.15, 0.2) is 0 Å². The molecule has 0 saturated heterocycles. The number of carboxylic acids is 2. The Morgan fingerprint density at radius 2 is 1.36 bits per heavy atom. The summed E-state index contributed by atoms with van der Waals surface area (Å²) in [6, 6.07) is 0. The van der Waals surface area contributed by atoms with Gasteiger partial charge in [-0.1, -0.05) is 41.5 Å². The minimum absolute atomic E-state index is 0.0556. The van der Waals surface area contributed by atoms with Gasteiger partial charge in [0.25, 0.3) is 0 Å². The van der Waals surface area contributed by atoms with Crippen LogP contribution in [0.1, 0.15) is 81.1 Å². The Bertz CT molecular complexity index is 341. The van der Waals surface area contributed by atoms with E-state index in [1.54, 1.807) is 13.8 Å². The average molecular weight is 316 g/mol. The van der Waals surface area contributed by atoms with Crippen LogP contribution in [0.25, 0.3) is 0 Å². The van der Waals surface area contributed by atoms with E-state index >= 15 is 0 Å². The van der Waals surface area contributed by atoms with Gasteiger partial charge in [0.1, 0.15) is 0 Å². The molecular weight excluding hydrogens is 280 g/mol. The fraction of sp³-hybridized carbons (Fsp3) is 0.889. The van der Waals surface area contributed by atoms with E-state index in [2.05, 4.69) is 27.7 Å². The van der Waals surface area contributed by atoms with E-state index < -0.39 is 17.4 Å². The van der Waals surface area contributed by atoms with Crippen LogP contribution >= 0.6 is 0 Å². The SMILES string of the molecule is CC(C)CC(C)(C)CC(=O)O.CC(C)CCC(C)(C)C(=O)O. The Balaban J connectivity index is 0. The predicted octanol–water partition coefficient (Wildman–Crippen LogP) is 5.07. The smallest absolute Gasteiger partial charge is 0.309 e. The molecular formula is C18H36O4. The summed E-state index contributed by atoms with van der Waals surface area (Å²) in [7, 11) is 0. The van der Waals surface area contributed by atoms with Gasteiger partial charge in [-0.2, -0.15) is 0 Å². The zero-order valence-corrected chi connectivity index (χ0v) is 15.7. The number of hydrogen-bond acceptors (Lipinski definition) is 2. The lowest BCUT2D eigenvalue weighted by molar-refractivity contribution is -0.147. The van der Waals surface area contributed by atoms with Gasteiger partial charge in [-0.05, 0) is 50.4 Å². The van der Waals surface area contributed by atoms with Gasteiger partial charge < -0.3 is 10.2 Å². The third-order valence-corrected chi connectivity index (χ3v) is 3.52. The lowest BCUT2D eigenvalue weighted by Crippen LogP contribution is -2.23. The van der Waals surface area contributed by atoms with E-state index in [0.717, 1.165) is 19.3 Å². The maximum Gasteiger partial charge on any atom is 0.309 e. The minimum atomic E-state index is -0.698. The zero-order valence-electron chi connectivity index (χ0n) is 15.7. The first-order chi connectivity index (χ1) is 9.69. The van der Waals surface area contributed by atoms with E-state index in [1.165, 1.54) is 0 Å². The Hall–Kier alpha value is -1.06. The van der Waals surface area contributed by atoms with Crippen LogP contribution in [-0.2, 0) is 9.59 Å². The summed E-state index contributed by atoms with van der Waals surface area (Å²) >= 11 is 0. The molecule has 0 aromatic heterocycles. The van der Waals surface area contributed by atoms with Crippen molar-refractivity contribution in [1.82, 2.24) is 0 Å². The van der Waals surface area contributed by atoms with Gasteiger partial charge >= 0.3 is 11.9 Å². The monoisotopic (exact) mass is 316 g/mol. The third-order valence-electron chi connectivity index (χ3n) is 3.52. The summed E-state index contributed by atoms with van der Waals surface area (Å²) in [6.07, 6.45) is 2.99. The first-order valence-corrected chi connectivity index (χ1v) is 8.15. The van der Waals surface area contributed by atoms with E-state index in [-0.39, 0.29) is 11.8 Å². The normalized spacial score (nSPS) is 12.1. The van der Waals surface area contributed by atoms with Crippen molar-refractivity contribution in [2.75, 3.05) is 0 Å². The summed E-state index contributed by atoms with van der Waals surface area (Å²) in [6.45, 7) is 16.0. The molecule has 0 rings (SSSR count). The molecule has 0 saturated carbocycles. The molecule has 0 aliphatic carbocycles. The summed E-state index contributed by atoms with van der Waals surface area (Å²) in [5.74, 6) is -0.230. The second-order valence-electron chi connectivity index (χ2n) is 8.45. The van der Waals surface area contributed by atoms with Crippen LogP contribution in [0.4, 0.5) is 0 Å². The third kappa shape index (κ3) is 13.9. The van der Waals surface area contributed by atoms with Crippen molar-refractivity contribution in [3.63, 3.8) is 0 Å². The standard InChI is InChI=1S/2C9H18O2/c1-7(2)5-9(3,4)6-8(10)11;1-7(2)5-6-9(3,4)8(10)11/h2*7H,5-6H2,1-4H3,(H,10,11). The van der Waals surface area contributed by atoms with Crippen LogP contribution in [0.2, 0.25) is 0 Å². The van der Waals surface area contributed by atoms with E-state index in [0.29, 0.717) is 11.8 Å². The second-order valence-corrected chi connectivity index (χ2v) is 8.45. The zero-order chi connectivity index (χ0) is 18.1. The lowest BCUT2D eigenvalue weighted by Gasteiger charge is -2.24. The van der Waals surface area contributed by atoms with Crippen LogP contribution in [0.5, 0.6) is 0 Å². The van der Waals surface area contributed by atoms with Gasteiger partial charge in [0, 0.05) is 0 Å². The van der Waals surface area contributed by atoms with Gasteiger partial charge in [0.2, 0.25) is 0 Å². The molecule has 0 heterocycles. The van der Waals surface area contributed by atoms with Gasteiger partial charge in [-0.15, -0.1) is 0 Å².